The van der Waals surface area contributed by atoms with Crippen LogP contribution in [-0.4, -0.2) is 15.9 Å². The van der Waals surface area contributed by atoms with Crippen molar-refractivity contribution in [3.05, 3.63) is 74.6 Å². The number of carbonyl (C=O) groups excluding carboxylic acids is 1. The number of aryl methyl sites for hydroxylation is 2. The molecule has 2 aromatic carbocycles. The van der Waals surface area contributed by atoms with Crippen LogP contribution in [0.2, 0.25) is 0 Å². The van der Waals surface area contributed by atoms with Gasteiger partial charge in [-0.3, -0.25) is 4.79 Å². The van der Waals surface area contributed by atoms with Crippen LogP contribution in [0.15, 0.2) is 47.3 Å². The summed E-state index contributed by atoms with van der Waals surface area (Å²) in [5.41, 5.74) is 1.21. The van der Waals surface area contributed by atoms with E-state index in [-0.39, 0.29) is 12.2 Å². The number of carbonyl (C=O) groups is 1. The van der Waals surface area contributed by atoms with Gasteiger partial charge in [0.25, 0.3) is 5.56 Å². The Morgan fingerprint density at radius 1 is 1.15 bits per heavy atom. The molecule has 0 fully saturated rings. The van der Waals surface area contributed by atoms with Crippen LogP contribution >= 0.6 is 11.3 Å². The van der Waals surface area contributed by atoms with Gasteiger partial charge in [-0.05, 0) is 42.3 Å². The van der Waals surface area contributed by atoms with Crippen molar-refractivity contribution < 1.29 is 9.53 Å². The maximum absolute atomic E-state index is 12.3. The van der Waals surface area contributed by atoms with Gasteiger partial charge >= 0.3 is 5.97 Å². The lowest BCUT2D eigenvalue weighted by atomic mass is 10.1. The monoisotopic (exact) mass is 364 g/mol. The molecule has 2 heterocycles. The Morgan fingerprint density at radius 2 is 1.92 bits per heavy atom. The molecule has 0 aliphatic heterocycles. The number of esters is 1. The standard InChI is InChI=1S/C20H16N2O3S/c1-11-12(2)26-19-17(11)18(23)21-16(22-19)10-25-20(24)15-8-7-13-5-3-4-6-14(13)9-15/h3-9H,10H2,1-2H3,(H,21,22,23). The zero-order chi connectivity index (χ0) is 18.3. The van der Waals surface area contributed by atoms with Gasteiger partial charge in [-0.15, -0.1) is 11.3 Å². The minimum Gasteiger partial charge on any atom is -0.454 e. The fourth-order valence-corrected chi connectivity index (χ4v) is 3.95. The Kier molecular flexibility index (Phi) is 4.05. The first-order valence-electron chi connectivity index (χ1n) is 8.18. The van der Waals surface area contributed by atoms with Crippen molar-refractivity contribution in [1.82, 2.24) is 9.97 Å². The molecular formula is C20H16N2O3S. The molecule has 5 nitrogen and oxygen atoms in total. The van der Waals surface area contributed by atoms with Gasteiger partial charge in [0.2, 0.25) is 0 Å². The number of hydrogen-bond donors (Lipinski definition) is 1. The average Bonchev–Trinajstić information content (AvgIpc) is 2.93. The minimum atomic E-state index is -0.447. The van der Waals surface area contributed by atoms with Crippen LogP contribution < -0.4 is 5.56 Å². The summed E-state index contributed by atoms with van der Waals surface area (Å²) in [6.07, 6.45) is 0. The van der Waals surface area contributed by atoms with E-state index in [0.717, 1.165) is 21.2 Å². The van der Waals surface area contributed by atoms with Gasteiger partial charge in [-0.2, -0.15) is 0 Å². The fraction of sp³-hybridized carbons (Fsp3) is 0.150. The highest BCUT2D eigenvalue weighted by Gasteiger charge is 2.13. The summed E-state index contributed by atoms with van der Waals surface area (Å²) >= 11 is 1.47. The molecule has 0 aliphatic carbocycles. The first kappa shape index (κ1) is 16.5. The maximum Gasteiger partial charge on any atom is 0.338 e. The van der Waals surface area contributed by atoms with Gasteiger partial charge in [0.15, 0.2) is 0 Å². The molecule has 130 valence electrons. The number of benzene rings is 2. The highest BCUT2D eigenvalue weighted by atomic mass is 32.1. The third kappa shape index (κ3) is 2.88. The van der Waals surface area contributed by atoms with Crippen LogP contribution in [0.5, 0.6) is 0 Å². The summed E-state index contributed by atoms with van der Waals surface area (Å²) in [4.78, 5) is 33.4. The van der Waals surface area contributed by atoms with E-state index in [1.807, 2.05) is 44.2 Å². The number of aromatic amines is 1. The molecule has 0 radical (unpaired) electrons. The summed E-state index contributed by atoms with van der Waals surface area (Å²) < 4.78 is 5.34. The molecule has 6 heteroatoms. The van der Waals surface area contributed by atoms with Crippen molar-refractivity contribution in [1.29, 1.82) is 0 Å². The largest absolute Gasteiger partial charge is 0.454 e. The van der Waals surface area contributed by atoms with Crippen LogP contribution in [0.3, 0.4) is 0 Å². The van der Waals surface area contributed by atoms with E-state index in [2.05, 4.69) is 9.97 Å². The van der Waals surface area contributed by atoms with Crippen molar-refractivity contribution in [3.8, 4) is 0 Å². The van der Waals surface area contributed by atoms with Crippen LogP contribution in [0.25, 0.3) is 21.0 Å². The molecule has 0 saturated heterocycles. The Balaban J connectivity index is 1.57. The van der Waals surface area contributed by atoms with E-state index in [9.17, 15) is 9.59 Å². The van der Waals surface area contributed by atoms with Gasteiger partial charge in [0.05, 0.1) is 10.9 Å². The van der Waals surface area contributed by atoms with E-state index >= 15 is 0 Å². The Labute approximate surface area is 153 Å². The predicted molar refractivity (Wildman–Crippen MR) is 103 cm³/mol. The minimum absolute atomic E-state index is 0.0766. The third-order valence-corrected chi connectivity index (χ3v) is 5.51. The van der Waals surface area contributed by atoms with Crippen molar-refractivity contribution >= 4 is 38.3 Å². The molecule has 26 heavy (non-hydrogen) atoms. The van der Waals surface area contributed by atoms with Crippen molar-refractivity contribution in [2.75, 3.05) is 0 Å². The number of fused-ring (bicyclic) bond motifs is 2. The topological polar surface area (TPSA) is 72.0 Å². The van der Waals surface area contributed by atoms with Gasteiger partial charge in [0, 0.05) is 4.88 Å². The molecule has 0 spiro atoms. The molecule has 4 rings (SSSR count). The second-order valence-corrected chi connectivity index (χ2v) is 7.32. The maximum atomic E-state index is 12.3. The summed E-state index contributed by atoms with van der Waals surface area (Å²) in [6, 6.07) is 13.2. The molecule has 2 aromatic heterocycles. The number of nitrogens with zero attached hydrogens (tertiary/aromatic N) is 1. The molecule has 0 saturated carbocycles. The molecule has 1 N–H and O–H groups in total. The van der Waals surface area contributed by atoms with Gasteiger partial charge in [-0.25, -0.2) is 9.78 Å². The lowest BCUT2D eigenvalue weighted by Crippen LogP contribution is -2.14. The van der Waals surface area contributed by atoms with Gasteiger partial charge in [0.1, 0.15) is 17.3 Å². The van der Waals surface area contributed by atoms with E-state index < -0.39 is 5.97 Å². The second-order valence-electron chi connectivity index (χ2n) is 6.11. The van der Waals surface area contributed by atoms with Gasteiger partial charge in [-0.1, -0.05) is 30.3 Å². The Bertz CT molecular complexity index is 1210. The number of thiophene rings is 1. The Morgan fingerprint density at radius 3 is 2.73 bits per heavy atom. The third-order valence-electron chi connectivity index (χ3n) is 4.41. The van der Waals surface area contributed by atoms with Crippen molar-refractivity contribution in [2.45, 2.75) is 20.5 Å². The van der Waals surface area contributed by atoms with Crippen LogP contribution in [0, 0.1) is 13.8 Å². The summed E-state index contributed by atoms with van der Waals surface area (Å²) in [5.74, 6) is -0.102. The highest BCUT2D eigenvalue weighted by molar-refractivity contribution is 7.18. The number of ether oxygens (including phenoxy) is 1. The summed E-state index contributed by atoms with van der Waals surface area (Å²) in [5, 5.41) is 2.64. The van der Waals surface area contributed by atoms with Gasteiger partial charge < -0.3 is 9.72 Å². The molecule has 0 aliphatic rings. The normalized spacial score (nSPS) is 11.2. The van der Waals surface area contributed by atoms with E-state index in [4.69, 9.17) is 4.74 Å². The predicted octanol–water partition coefficient (Wildman–Crippen LogP) is 4.11. The molecule has 4 aromatic rings. The summed E-state index contributed by atoms with van der Waals surface area (Å²) in [7, 11) is 0. The number of H-pyrrole nitrogens is 1. The summed E-state index contributed by atoms with van der Waals surface area (Å²) in [6.45, 7) is 3.79. The first-order chi connectivity index (χ1) is 12.5. The van der Waals surface area contributed by atoms with Crippen LogP contribution in [0.4, 0.5) is 0 Å². The average molecular weight is 364 g/mol. The SMILES string of the molecule is Cc1sc2nc(COC(=O)c3ccc4ccccc4c3)[nH]c(=O)c2c1C. The zero-order valence-corrected chi connectivity index (χ0v) is 15.1. The molecular weight excluding hydrogens is 348 g/mol. The van der Waals surface area contributed by atoms with Crippen molar-refractivity contribution in [3.63, 3.8) is 0 Å². The van der Waals surface area contributed by atoms with Crippen LogP contribution in [-0.2, 0) is 11.3 Å². The second kappa shape index (κ2) is 6.38. The molecule has 0 amide bonds. The lowest BCUT2D eigenvalue weighted by Gasteiger charge is -2.06. The molecule has 0 atom stereocenters. The van der Waals surface area contributed by atoms with Crippen LogP contribution in [0.1, 0.15) is 26.6 Å². The van der Waals surface area contributed by atoms with E-state index in [1.54, 1.807) is 12.1 Å². The number of hydrogen-bond acceptors (Lipinski definition) is 5. The lowest BCUT2D eigenvalue weighted by molar-refractivity contribution is 0.0462. The van der Waals surface area contributed by atoms with E-state index in [0.29, 0.717) is 21.6 Å². The Hall–Kier alpha value is -2.99. The first-order valence-corrected chi connectivity index (χ1v) is 8.99. The number of nitrogens with one attached hydrogen (secondary N) is 1. The highest BCUT2D eigenvalue weighted by Crippen LogP contribution is 2.25. The fourth-order valence-electron chi connectivity index (χ4n) is 2.90. The van der Waals surface area contributed by atoms with Crippen molar-refractivity contribution in [2.24, 2.45) is 0 Å². The quantitative estimate of drug-likeness (QED) is 0.555. The molecule has 0 unspecified atom stereocenters. The number of aromatic nitrogens is 2. The zero-order valence-electron chi connectivity index (χ0n) is 14.3. The molecule has 0 bridgehead atoms. The number of rotatable bonds is 3. The van der Waals surface area contributed by atoms with E-state index in [1.165, 1.54) is 11.3 Å². The smallest absolute Gasteiger partial charge is 0.338 e.